The fourth-order valence-electron chi connectivity index (χ4n) is 1.88. The smallest absolute Gasteiger partial charge is 0.271 e. The van der Waals surface area contributed by atoms with Crippen LogP contribution in [0.3, 0.4) is 0 Å². The van der Waals surface area contributed by atoms with Crippen molar-refractivity contribution in [1.29, 1.82) is 0 Å². The Hall–Kier alpha value is -2.21. The molecule has 0 aliphatic heterocycles. The number of aromatic nitrogens is 3. The van der Waals surface area contributed by atoms with Crippen LogP contribution in [0.1, 0.15) is 21.2 Å². The number of thiazole rings is 1. The zero-order valence-corrected chi connectivity index (χ0v) is 11.1. The summed E-state index contributed by atoms with van der Waals surface area (Å²) in [5.41, 5.74) is 2.26. The molecule has 1 amide bonds. The first-order valence-electron chi connectivity index (χ1n) is 5.86. The maximum absolute atomic E-state index is 11.9. The molecule has 0 aliphatic rings. The Morgan fingerprint density at radius 2 is 2.26 bits per heavy atom. The van der Waals surface area contributed by atoms with Crippen LogP contribution in [0.15, 0.2) is 29.6 Å². The number of nitrogens with zero attached hydrogens (tertiary/aromatic N) is 2. The molecule has 19 heavy (non-hydrogen) atoms. The Labute approximate surface area is 113 Å². The van der Waals surface area contributed by atoms with Crippen LogP contribution in [0.4, 0.5) is 0 Å². The zero-order valence-electron chi connectivity index (χ0n) is 10.3. The molecule has 5 nitrogen and oxygen atoms in total. The quantitative estimate of drug-likeness (QED) is 0.768. The number of hydrogen-bond donors (Lipinski definition) is 2. The van der Waals surface area contributed by atoms with Crippen LogP contribution < -0.4 is 5.32 Å². The second kappa shape index (κ2) is 4.81. The number of rotatable bonds is 3. The summed E-state index contributed by atoms with van der Waals surface area (Å²) in [6.07, 6.45) is 0. The van der Waals surface area contributed by atoms with Crippen LogP contribution in [-0.2, 0) is 6.54 Å². The van der Waals surface area contributed by atoms with Crippen molar-refractivity contribution in [3.05, 3.63) is 46.0 Å². The van der Waals surface area contributed by atoms with E-state index in [9.17, 15) is 4.79 Å². The third-order valence-electron chi connectivity index (χ3n) is 2.82. The minimum Gasteiger partial charge on any atom is -0.345 e. The third-order valence-corrected chi connectivity index (χ3v) is 3.59. The number of aromatic amines is 1. The molecule has 3 rings (SSSR count). The van der Waals surface area contributed by atoms with Gasteiger partial charge >= 0.3 is 0 Å². The summed E-state index contributed by atoms with van der Waals surface area (Å²) < 4.78 is 0. The minimum atomic E-state index is -0.164. The van der Waals surface area contributed by atoms with E-state index < -0.39 is 0 Å². The Morgan fingerprint density at radius 3 is 3.05 bits per heavy atom. The van der Waals surface area contributed by atoms with E-state index in [4.69, 9.17) is 0 Å². The Kier molecular flexibility index (Phi) is 3.00. The first-order chi connectivity index (χ1) is 9.24. The summed E-state index contributed by atoms with van der Waals surface area (Å²) in [4.78, 5) is 16.0. The molecule has 0 bridgehead atoms. The largest absolute Gasteiger partial charge is 0.345 e. The van der Waals surface area contributed by atoms with Gasteiger partial charge in [-0.2, -0.15) is 5.10 Å². The lowest BCUT2D eigenvalue weighted by molar-refractivity contribution is 0.0946. The number of H-pyrrole nitrogens is 1. The van der Waals surface area contributed by atoms with Crippen molar-refractivity contribution in [2.45, 2.75) is 13.5 Å². The van der Waals surface area contributed by atoms with Crippen LogP contribution in [0, 0.1) is 6.92 Å². The van der Waals surface area contributed by atoms with Crippen molar-refractivity contribution in [3.63, 3.8) is 0 Å². The molecule has 0 spiro atoms. The molecule has 3 aromatic rings. The van der Waals surface area contributed by atoms with Crippen molar-refractivity contribution in [2.75, 3.05) is 0 Å². The molecule has 6 heteroatoms. The van der Waals surface area contributed by atoms with Crippen LogP contribution in [0.2, 0.25) is 0 Å². The standard InChI is InChI=1S/C13H12N4OS/c1-8-15-12(7-19-8)13(18)14-6-11-9-4-2-3-5-10(9)16-17-11/h2-5,7H,6H2,1H3,(H,14,18)(H,16,17). The molecule has 0 aliphatic carbocycles. The van der Waals surface area contributed by atoms with Gasteiger partial charge in [-0.05, 0) is 13.0 Å². The molecule has 2 heterocycles. The zero-order chi connectivity index (χ0) is 13.2. The van der Waals surface area contributed by atoms with Gasteiger partial charge in [0, 0.05) is 10.8 Å². The molecule has 0 saturated carbocycles. The van der Waals surface area contributed by atoms with Crippen molar-refractivity contribution < 1.29 is 4.79 Å². The number of aryl methyl sites for hydroxylation is 1. The van der Waals surface area contributed by atoms with Crippen molar-refractivity contribution in [1.82, 2.24) is 20.5 Å². The lowest BCUT2D eigenvalue weighted by Gasteiger charge is -2.01. The maximum atomic E-state index is 11.9. The van der Waals surface area contributed by atoms with Gasteiger partial charge in [-0.1, -0.05) is 18.2 Å². The number of fused-ring (bicyclic) bond motifs is 1. The molecule has 0 unspecified atom stereocenters. The SMILES string of the molecule is Cc1nc(C(=O)NCc2[nH]nc3ccccc23)cs1. The average Bonchev–Trinajstić information content (AvgIpc) is 3.02. The molecule has 2 N–H and O–H groups in total. The molecule has 0 radical (unpaired) electrons. The van der Waals surface area contributed by atoms with Crippen LogP contribution in [0.25, 0.3) is 10.9 Å². The third kappa shape index (κ3) is 2.34. The van der Waals surface area contributed by atoms with Crippen LogP contribution in [0.5, 0.6) is 0 Å². The monoisotopic (exact) mass is 272 g/mol. The highest BCUT2D eigenvalue weighted by atomic mass is 32.1. The summed E-state index contributed by atoms with van der Waals surface area (Å²) in [6.45, 7) is 2.29. The van der Waals surface area contributed by atoms with Crippen molar-refractivity contribution in [3.8, 4) is 0 Å². The molecule has 96 valence electrons. The molecule has 2 aromatic heterocycles. The minimum absolute atomic E-state index is 0.164. The first kappa shape index (κ1) is 11.9. The Balaban J connectivity index is 1.74. The topological polar surface area (TPSA) is 70.7 Å². The lowest BCUT2D eigenvalue weighted by Crippen LogP contribution is -2.23. The van der Waals surface area contributed by atoms with E-state index in [1.807, 2.05) is 31.2 Å². The predicted molar refractivity (Wildman–Crippen MR) is 74.1 cm³/mol. The lowest BCUT2D eigenvalue weighted by atomic mass is 10.2. The number of para-hydroxylation sites is 1. The summed E-state index contributed by atoms with van der Waals surface area (Å²) in [7, 11) is 0. The van der Waals surface area contributed by atoms with Crippen LogP contribution >= 0.6 is 11.3 Å². The fraction of sp³-hybridized carbons (Fsp3) is 0.154. The Bertz CT molecular complexity index is 731. The molecular weight excluding hydrogens is 260 g/mol. The molecular formula is C13H12N4OS. The molecule has 0 saturated heterocycles. The number of benzene rings is 1. The highest BCUT2D eigenvalue weighted by Gasteiger charge is 2.10. The number of hydrogen-bond acceptors (Lipinski definition) is 4. The van der Waals surface area contributed by atoms with E-state index in [0.29, 0.717) is 12.2 Å². The number of carbonyl (C=O) groups is 1. The molecule has 0 atom stereocenters. The van der Waals surface area contributed by atoms with Gasteiger partial charge in [0.05, 0.1) is 22.8 Å². The predicted octanol–water partition coefficient (Wildman–Crippen LogP) is 2.26. The van der Waals surface area contributed by atoms with Crippen molar-refractivity contribution >= 4 is 28.1 Å². The van der Waals surface area contributed by atoms with Crippen LogP contribution in [-0.4, -0.2) is 21.1 Å². The average molecular weight is 272 g/mol. The van der Waals surface area contributed by atoms with E-state index >= 15 is 0 Å². The van der Waals surface area contributed by atoms with Gasteiger partial charge in [-0.25, -0.2) is 4.98 Å². The summed E-state index contributed by atoms with van der Waals surface area (Å²) in [6, 6.07) is 7.80. The first-order valence-corrected chi connectivity index (χ1v) is 6.74. The van der Waals surface area contributed by atoms with E-state index in [1.54, 1.807) is 5.38 Å². The number of nitrogens with one attached hydrogen (secondary N) is 2. The Morgan fingerprint density at radius 1 is 1.42 bits per heavy atom. The van der Waals surface area contributed by atoms with Gasteiger partial charge in [0.2, 0.25) is 0 Å². The molecule has 0 fully saturated rings. The van der Waals surface area contributed by atoms with E-state index in [2.05, 4.69) is 20.5 Å². The van der Waals surface area contributed by atoms with Gasteiger partial charge in [0.25, 0.3) is 5.91 Å². The van der Waals surface area contributed by atoms with E-state index in [-0.39, 0.29) is 5.91 Å². The van der Waals surface area contributed by atoms with Crippen molar-refractivity contribution in [2.24, 2.45) is 0 Å². The second-order valence-corrected chi connectivity index (χ2v) is 5.22. The summed E-state index contributed by atoms with van der Waals surface area (Å²) in [5, 5.41) is 13.6. The fourth-order valence-corrected chi connectivity index (χ4v) is 2.47. The summed E-state index contributed by atoms with van der Waals surface area (Å²) in [5.74, 6) is -0.164. The van der Waals surface area contributed by atoms with Gasteiger partial charge < -0.3 is 5.32 Å². The van der Waals surface area contributed by atoms with Gasteiger partial charge in [0.15, 0.2) is 0 Å². The molecule has 1 aromatic carbocycles. The normalized spacial score (nSPS) is 10.8. The maximum Gasteiger partial charge on any atom is 0.271 e. The highest BCUT2D eigenvalue weighted by molar-refractivity contribution is 7.09. The number of carbonyl (C=O) groups excluding carboxylic acids is 1. The van der Waals surface area contributed by atoms with Gasteiger partial charge in [0.1, 0.15) is 5.69 Å². The van der Waals surface area contributed by atoms with E-state index in [1.165, 1.54) is 11.3 Å². The van der Waals surface area contributed by atoms with Gasteiger partial charge in [-0.15, -0.1) is 11.3 Å². The summed E-state index contributed by atoms with van der Waals surface area (Å²) >= 11 is 1.47. The van der Waals surface area contributed by atoms with E-state index in [0.717, 1.165) is 21.6 Å². The second-order valence-electron chi connectivity index (χ2n) is 4.15. The number of amides is 1. The highest BCUT2D eigenvalue weighted by Crippen LogP contribution is 2.15. The van der Waals surface area contributed by atoms with Gasteiger partial charge in [-0.3, -0.25) is 9.89 Å².